The van der Waals surface area contributed by atoms with Crippen LogP contribution in [0.3, 0.4) is 0 Å². The van der Waals surface area contributed by atoms with Crippen LogP contribution in [0.5, 0.6) is 5.75 Å². The molecule has 0 fully saturated rings. The van der Waals surface area contributed by atoms with Crippen LogP contribution in [0.2, 0.25) is 0 Å². The zero-order valence-corrected chi connectivity index (χ0v) is 19.2. The van der Waals surface area contributed by atoms with Gasteiger partial charge in [-0.05, 0) is 48.5 Å². The van der Waals surface area contributed by atoms with Gasteiger partial charge in [0.15, 0.2) is 9.84 Å². The van der Waals surface area contributed by atoms with Gasteiger partial charge < -0.3 is 9.26 Å². The standard InChI is InChI=1S/C24H20N4O5S/c1-27-20(9-11-25-27)17-3-7-23(32-2)22(14-17)28-21-6-5-19(13-16(21)4-8-24(28)29)34(30,31)15-18-10-12-33-26-18/h3-14H,15H2,1-2H3. The lowest BCUT2D eigenvalue weighted by atomic mass is 10.1. The van der Waals surface area contributed by atoms with Gasteiger partial charge in [-0.15, -0.1) is 0 Å². The molecule has 2 aromatic carbocycles. The Hall–Kier alpha value is -4.18. The van der Waals surface area contributed by atoms with E-state index >= 15 is 0 Å². The van der Waals surface area contributed by atoms with Gasteiger partial charge in [0.25, 0.3) is 5.56 Å². The maximum Gasteiger partial charge on any atom is 0.255 e. The molecule has 0 aliphatic rings. The average Bonchev–Trinajstić information content (AvgIpc) is 3.49. The number of methoxy groups -OCH3 is 1. The molecule has 0 saturated carbocycles. The van der Waals surface area contributed by atoms with Gasteiger partial charge in [-0.25, -0.2) is 8.42 Å². The molecule has 34 heavy (non-hydrogen) atoms. The molecule has 3 aromatic heterocycles. The van der Waals surface area contributed by atoms with E-state index in [0.717, 1.165) is 11.3 Å². The molecule has 0 unspecified atom stereocenters. The summed E-state index contributed by atoms with van der Waals surface area (Å²) in [6.07, 6.45) is 3.03. The van der Waals surface area contributed by atoms with Crippen molar-refractivity contribution >= 4 is 20.7 Å². The molecule has 0 aliphatic carbocycles. The second-order valence-corrected chi connectivity index (χ2v) is 9.69. The normalized spacial score (nSPS) is 11.7. The molecule has 5 aromatic rings. The van der Waals surface area contributed by atoms with Crippen LogP contribution in [0.25, 0.3) is 27.8 Å². The first kappa shape index (κ1) is 21.7. The zero-order valence-electron chi connectivity index (χ0n) is 18.4. The Kier molecular flexibility index (Phi) is 5.29. The highest BCUT2D eigenvalue weighted by Crippen LogP contribution is 2.31. The third kappa shape index (κ3) is 3.77. The Balaban J connectivity index is 1.67. The van der Waals surface area contributed by atoms with Crippen molar-refractivity contribution in [2.75, 3.05) is 7.11 Å². The lowest BCUT2D eigenvalue weighted by molar-refractivity contribution is 0.413. The molecule has 0 aliphatic heterocycles. The first-order valence-corrected chi connectivity index (χ1v) is 12.0. The molecule has 10 heteroatoms. The van der Waals surface area contributed by atoms with Crippen LogP contribution in [0.1, 0.15) is 5.69 Å². The van der Waals surface area contributed by atoms with Gasteiger partial charge in [-0.2, -0.15) is 5.10 Å². The van der Waals surface area contributed by atoms with Gasteiger partial charge in [-0.1, -0.05) is 5.16 Å². The first-order chi connectivity index (χ1) is 16.4. The van der Waals surface area contributed by atoms with Gasteiger partial charge in [0.05, 0.1) is 34.6 Å². The van der Waals surface area contributed by atoms with Crippen molar-refractivity contribution < 1.29 is 17.7 Å². The maximum atomic E-state index is 13.0. The SMILES string of the molecule is COc1ccc(-c2ccnn2C)cc1-n1c(=O)ccc2cc(S(=O)(=O)Cc3ccon3)ccc21. The third-order valence-electron chi connectivity index (χ3n) is 5.59. The fourth-order valence-electron chi connectivity index (χ4n) is 3.94. The highest BCUT2D eigenvalue weighted by Gasteiger charge is 2.19. The summed E-state index contributed by atoms with van der Waals surface area (Å²) in [5.41, 5.74) is 2.86. The Morgan fingerprint density at radius 2 is 1.88 bits per heavy atom. The molecule has 5 rings (SSSR count). The average molecular weight is 477 g/mol. The monoisotopic (exact) mass is 476 g/mol. The van der Waals surface area contributed by atoms with Gasteiger partial charge in [0, 0.05) is 36.3 Å². The van der Waals surface area contributed by atoms with E-state index in [9.17, 15) is 13.2 Å². The number of fused-ring (bicyclic) bond motifs is 1. The molecular weight excluding hydrogens is 456 g/mol. The van der Waals surface area contributed by atoms with Crippen LogP contribution in [-0.4, -0.2) is 35.0 Å². The lowest BCUT2D eigenvalue weighted by Gasteiger charge is -2.16. The molecule has 0 atom stereocenters. The van der Waals surface area contributed by atoms with Crippen molar-refractivity contribution in [1.82, 2.24) is 19.5 Å². The number of hydrogen-bond donors (Lipinski definition) is 0. The molecular formula is C24H20N4O5S. The number of nitrogens with zero attached hydrogens (tertiary/aromatic N) is 4. The number of benzene rings is 2. The molecule has 0 spiro atoms. The molecule has 0 radical (unpaired) electrons. The van der Waals surface area contributed by atoms with Crippen LogP contribution >= 0.6 is 0 Å². The minimum Gasteiger partial charge on any atom is -0.495 e. The van der Waals surface area contributed by atoms with Crippen LogP contribution in [0, 0.1) is 0 Å². The van der Waals surface area contributed by atoms with E-state index in [4.69, 9.17) is 9.26 Å². The van der Waals surface area contributed by atoms with Crippen molar-refractivity contribution in [3.05, 3.63) is 89.2 Å². The van der Waals surface area contributed by atoms with E-state index in [2.05, 4.69) is 10.3 Å². The van der Waals surface area contributed by atoms with Gasteiger partial charge in [-0.3, -0.25) is 14.0 Å². The maximum absolute atomic E-state index is 13.0. The Labute approximate surface area is 194 Å². The summed E-state index contributed by atoms with van der Waals surface area (Å²) in [5, 5.41) is 8.50. The highest BCUT2D eigenvalue weighted by atomic mass is 32.2. The third-order valence-corrected chi connectivity index (χ3v) is 7.24. The zero-order chi connectivity index (χ0) is 23.9. The quantitative estimate of drug-likeness (QED) is 0.370. The molecule has 3 heterocycles. The predicted octanol–water partition coefficient (Wildman–Crippen LogP) is 3.36. The fourth-order valence-corrected chi connectivity index (χ4v) is 5.22. The summed E-state index contributed by atoms with van der Waals surface area (Å²) in [6.45, 7) is 0. The molecule has 9 nitrogen and oxygen atoms in total. The van der Waals surface area contributed by atoms with Crippen LogP contribution in [0.15, 0.2) is 87.3 Å². The Bertz CT molecular complexity index is 1670. The summed E-state index contributed by atoms with van der Waals surface area (Å²) < 4.78 is 39.3. The van der Waals surface area contributed by atoms with Crippen molar-refractivity contribution in [1.29, 1.82) is 0 Å². The number of pyridine rings is 1. The van der Waals surface area contributed by atoms with E-state index in [1.165, 1.54) is 36.1 Å². The van der Waals surface area contributed by atoms with Crippen molar-refractivity contribution in [3.63, 3.8) is 0 Å². The molecule has 172 valence electrons. The van der Waals surface area contributed by atoms with E-state index in [-0.39, 0.29) is 16.2 Å². The van der Waals surface area contributed by atoms with Crippen LogP contribution < -0.4 is 10.3 Å². The minimum atomic E-state index is -3.66. The predicted molar refractivity (Wildman–Crippen MR) is 126 cm³/mol. The molecule has 0 amide bonds. The lowest BCUT2D eigenvalue weighted by Crippen LogP contribution is -2.18. The Morgan fingerprint density at radius 1 is 1.03 bits per heavy atom. The fraction of sp³-hybridized carbons (Fsp3) is 0.125. The summed E-state index contributed by atoms with van der Waals surface area (Å²) in [5.74, 6) is 0.220. The largest absolute Gasteiger partial charge is 0.495 e. The van der Waals surface area contributed by atoms with E-state index in [1.807, 2.05) is 25.2 Å². The van der Waals surface area contributed by atoms with Crippen molar-refractivity contribution in [3.8, 4) is 22.7 Å². The van der Waals surface area contributed by atoms with Gasteiger partial charge in [0.2, 0.25) is 0 Å². The summed E-state index contributed by atoms with van der Waals surface area (Å²) in [4.78, 5) is 13.1. The summed E-state index contributed by atoms with van der Waals surface area (Å²) in [6, 6.07) is 16.6. The summed E-state index contributed by atoms with van der Waals surface area (Å²) >= 11 is 0. The second kappa shape index (κ2) is 8.31. The number of aromatic nitrogens is 4. The van der Waals surface area contributed by atoms with Crippen LogP contribution in [0.4, 0.5) is 0 Å². The summed E-state index contributed by atoms with van der Waals surface area (Å²) in [7, 11) is -0.288. The smallest absolute Gasteiger partial charge is 0.255 e. The number of ether oxygens (including phenoxy) is 1. The first-order valence-electron chi connectivity index (χ1n) is 10.3. The highest BCUT2D eigenvalue weighted by molar-refractivity contribution is 7.90. The number of sulfone groups is 1. The number of aryl methyl sites for hydroxylation is 1. The van der Waals surface area contributed by atoms with Crippen molar-refractivity contribution in [2.24, 2.45) is 7.05 Å². The van der Waals surface area contributed by atoms with E-state index < -0.39 is 9.84 Å². The minimum absolute atomic E-state index is 0.129. The van der Waals surface area contributed by atoms with Crippen LogP contribution in [-0.2, 0) is 22.6 Å². The number of hydrogen-bond acceptors (Lipinski definition) is 7. The number of rotatable bonds is 6. The second-order valence-electron chi connectivity index (χ2n) is 7.70. The molecule has 0 saturated heterocycles. The molecule has 0 bridgehead atoms. The van der Waals surface area contributed by atoms with Crippen molar-refractivity contribution in [2.45, 2.75) is 10.6 Å². The van der Waals surface area contributed by atoms with E-state index in [1.54, 1.807) is 35.1 Å². The van der Waals surface area contributed by atoms with Gasteiger partial charge >= 0.3 is 0 Å². The van der Waals surface area contributed by atoms with E-state index in [0.29, 0.717) is 28.0 Å². The topological polar surface area (TPSA) is 109 Å². The van der Waals surface area contributed by atoms with Gasteiger partial charge in [0.1, 0.15) is 17.8 Å². The Morgan fingerprint density at radius 3 is 2.59 bits per heavy atom. The molecule has 0 N–H and O–H groups in total.